The maximum Gasteiger partial charge on any atom is 0.0602 e. The van der Waals surface area contributed by atoms with Gasteiger partial charge in [0.15, 0.2) is 0 Å². The van der Waals surface area contributed by atoms with E-state index in [4.69, 9.17) is 5.73 Å². The molecule has 2 nitrogen and oxygen atoms in total. The number of nitrogens with two attached hydrogens (primary N) is 1. The zero-order valence-corrected chi connectivity index (χ0v) is 11.1. The Morgan fingerprint density at radius 2 is 1.42 bits per heavy atom. The predicted molar refractivity (Wildman–Crippen MR) is 78.9 cm³/mol. The van der Waals surface area contributed by atoms with Crippen LogP contribution in [0, 0.1) is 0 Å². The van der Waals surface area contributed by atoms with Crippen molar-refractivity contribution in [3.05, 3.63) is 71.8 Å². The molecule has 1 heterocycles. The minimum atomic E-state index is 0.315. The molecule has 1 fully saturated rings. The molecule has 0 radical (unpaired) electrons. The van der Waals surface area contributed by atoms with Crippen molar-refractivity contribution in [2.24, 2.45) is 5.73 Å². The summed E-state index contributed by atoms with van der Waals surface area (Å²) in [6, 6.07) is 22.1. The van der Waals surface area contributed by atoms with Gasteiger partial charge >= 0.3 is 0 Å². The van der Waals surface area contributed by atoms with Crippen LogP contribution in [-0.2, 0) is 0 Å². The molecule has 0 aromatic heterocycles. The van der Waals surface area contributed by atoms with Crippen LogP contribution in [0.5, 0.6) is 0 Å². The average Bonchev–Trinajstić information content (AvgIpc) is 2.88. The SMILES string of the molecule is NC1CCN(C(c2ccccc2)c2ccccc2)C1. The van der Waals surface area contributed by atoms with Gasteiger partial charge in [-0.3, -0.25) is 4.90 Å². The summed E-state index contributed by atoms with van der Waals surface area (Å²) in [4.78, 5) is 2.50. The van der Waals surface area contributed by atoms with Crippen molar-refractivity contribution >= 4 is 0 Å². The van der Waals surface area contributed by atoms with Gasteiger partial charge in [-0.25, -0.2) is 0 Å². The first-order chi connectivity index (χ1) is 9.34. The Kier molecular flexibility index (Phi) is 3.62. The smallest absolute Gasteiger partial charge is 0.0602 e. The van der Waals surface area contributed by atoms with Crippen LogP contribution in [0.1, 0.15) is 23.6 Å². The molecular formula is C17H20N2. The largest absolute Gasteiger partial charge is 0.326 e. The molecule has 3 rings (SSSR count). The fraction of sp³-hybridized carbons (Fsp3) is 0.294. The van der Waals surface area contributed by atoms with Gasteiger partial charge in [0, 0.05) is 19.1 Å². The van der Waals surface area contributed by atoms with Crippen molar-refractivity contribution in [1.29, 1.82) is 0 Å². The first kappa shape index (κ1) is 12.4. The van der Waals surface area contributed by atoms with Gasteiger partial charge in [0.2, 0.25) is 0 Å². The molecule has 2 aromatic rings. The van der Waals surface area contributed by atoms with Crippen molar-refractivity contribution in [1.82, 2.24) is 4.90 Å². The Morgan fingerprint density at radius 1 is 0.895 bits per heavy atom. The highest BCUT2D eigenvalue weighted by Gasteiger charge is 2.28. The molecule has 1 aliphatic heterocycles. The Hall–Kier alpha value is -1.64. The standard InChI is InChI=1S/C17H20N2/c18-16-11-12-19(13-16)17(14-7-3-1-4-8-14)15-9-5-2-6-10-15/h1-10,16-17H,11-13,18H2. The zero-order chi connectivity index (χ0) is 13.1. The first-order valence-corrected chi connectivity index (χ1v) is 6.94. The summed E-state index contributed by atoms with van der Waals surface area (Å²) in [6.45, 7) is 2.06. The lowest BCUT2D eigenvalue weighted by Crippen LogP contribution is -2.30. The van der Waals surface area contributed by atoms with E-state index in [1.54, 1.807) is 0 Å². The lowest BCUT2D eigenvalue weighted by Gasteiger charge is -2.28. The van der Waals surface area contributed by atoms with Crippen LogP contribution in [0.2, 0.25) is 0 Å². The molecular weight excluding hydrogens is 232 g/mol. The van der Waals surface area contributed by atoms with Crippen LogP contribution in [0.15, 0.2) is 60.7 Å². The number of likely N-dealkylation sites (tertiary alicyclic amines) is 1. The third-order valence-corrected chi connectivity index (χ3v) is 3.85. The second kappa shape index (κ2) is 5.55. The number of hydrogen-bond donors (Lipinski definition) is 1. The maximum atomic E-state index is 6.08. The molecule has 0 bridgehead atoms. The molecule has 1 saturated heterocycles. The van der Waals surface area contributed by atoms with E-state index in [-0.39, 0.29) is 0 Å². The number of rotatable bonds is 3. The number of hydrogen-bond acceptors (Lipinski definition) is 2. The van der Waals surface area contributed by atoms with Crippen LogP contribution in [0.25, 0.3) is 0 Å². The summed E-state index contributed by atoms with van der Waals surface area (Å²) in [6.07, 6.45) is 1.09. The Morgan fingerprint density at radius 3 is 1.84 bits per heavy atom. The molecule has 98 valence electrons. The van der Waals surface area contributed by atoms with Crippen LogP contribution in [-0.4, -0.2) is 24.0 Å². The molecule has 2 heteroatoms. The molecule has 2 aromatic carbocycles. The minimum Gasteiger partial charge on any atom is -0.326 e. The molecule has 0 saturated carbocycles. The second-order valence-electron chi connectivity index (χ2n) is 5.27. The van der Waals surface area contributed by atoms with E-state index in [1.165, 1.54) is 11.1 Å². The van der Waals surface area contributed by atoms with E-state index in [0.717, 1.165) is 19.5 Å². The fourth-order valence-electron chi connectivity index (χ4n) is 2.93. The highest BCUT2D eigenvalue weighted by molar-refractivity contribution is 5.32. The molecule has 0 aliphatic carbocycles. The van der Waals surface area contributed by atoms with Gasteiger partial charge in [-0.05, 0) is 17.5 Å². The maximum absolute atomic E-state index is 6.08. The molecule has 2 N–H and O–H groups in total. The fourth-order valence-corrected chi connectivity index (χ4v) is 2.93. The van der Waals surface area contributed by atoms with Gasteiger partial charge in [-0.15, -0.1) is 0 Å². The van der Waals surface area contributed by atoms with Gasteiger partial charge in [0.1, 0.15) is 0 Å². The van der Waals surface area contributed by atoms with Crippen molar-refractivity contribution in [3.8, 4) is 0 Å². The molecule has 1 atom stereocenters. The summed E-state index contributed by atoms with van der Waals surface area (Å²) >= 11 is 0. The van der Waals surface area contributed by atoms with E-state index >= 15 is 0 Å². The van der Waals surface area contributed by atoms with Gasteiger partial charge in [-0.2, -0.15) is 0 Å². The average molecular weight is 252 g/mol. The highest BCUT2D eigenvalue weighted by atomic mass is 15.2. The van der Waals surface area contributed by atoms with E-state index in [0.29, 0.717) is 12.1 Å². The van der Waals surface area contributed by atoms with E-state index in [1.807, 2.05) is 0 Å². The highest BCUT2D eigenvalue weighted by Crippen LogP contribution is 2.30. The quantitative estimate of drug-likeness (QED) is 0.910. The molecule has 19 heavy (non-hydrogen) atoms. The van der Waals surface area contributed by atoms with Crippen LogP contribution in [0.3, 0.4) is 0 Å². The third kappa shape index (κ3) is 2.70. The van der Waals surface area contributed by atoms with Crippen molar-refractivity contribution < 1.29 is 0 Å². The predicted octanol–water partition coefficient (Wildman–Crippen LogP) is 2.81. The molecule has 0 spiro atoms. The van der Waals surface area contributed by atoms with Gasteiger partial charge in [-0.1, -0.05) is 60.7 Å². The van der Waals surface area contributed by atoms with Crippen molar-refractivity contribution in [3.63, 3.8) is 0 Å². The van der Waals surface area contributed by atoms with Crippen LogP contribution >= 0.6 is 0 Å². The summed E-state index contributed by atoms with van der Waals surface area (Å²) in [5.74, 6) is 0. The summed E-state index contributed by atoms with van der Waals surface area (Å²) < 4.78 is 0. The van der Waals surface area contributed by atoms with Crippen LogP contribution in [0.4, 0.5) is 0 Å². The van der Waals surface area contributed by atoms with E-state index in [9.17, 15) is 0 Å². The summed E-state index contributed by atoms with van der Waals surface area (Å²) in [5, 5.41) is 0. The van der Waals surface area contributed by atoms with Gasteiger partial charge in [0.25, 0.3) is 0 Å². The van der Waals surface area contributed by atoms with Crippen LogP contribution < -0.4 is 5.73 Å². The Labute approximate surface area is 114 Å². The molecule has 0 amide bonds. The molecule has 1 aliphatic rings. The minimum absolute atomic E-state index is 0.315. The van der Waals surface area contributed by atoms with Gasteiger partial charge < -0.3 is 5.73 Å². The first-order valence-electron chi connectivity index (χ1n) is 6.94. The lowest BCUT2D eigenvalue weighted by molar-refractivity contribution is 0.277. The number of nitrogens with zero attached hydrogens (tertiary/aromatic N) is 1. The topological polar surface area (TPSA) is 29.3 Å². The monoisotopic (exact) mass is 252 g/mol. The van der Waals surface area contributed by atoms with Gasteiger partial charge in [0.05, 0.1) is 6.04 Å². The van der Waals surface area contributed by atoms with E-state index in [2.05, 4.69) is 65.6 Å². The van der Waals surface area contributed by atoms with Crippen molar-refractivity contribution in [2.75, 3.05) is 13.1 Å². The Bertz CT molecular complexity index is 470. The van der Waals surface area contributed by atoms with E-state index < -0.39 is 0 Å². The lowest BCUT2D eigenvalue weighted by atomic mass is 9.97. The Balaban J connectivity index is 1.97. The van der Waals surface area contributed by atoms with Crippen molar-refractivity contribution in [2.45, 2.75) is 18.5 Å². The normalized spacial score (nSPS) is 20.0. The second-order valence-corrected chi connectivity index (χ2v) is 5.27. The molecule has 1 unspecified atom stereocenters. The zero-order valence-electron chi connectivity index (χ0n) is 11.1. The summed E-state index contributed by atoms with van der Waals surface area (Å²) in [7, 11) is 0. The number of benzene rings is 2. The third-order valence-electron chi connectivity index (χ3n) is 3.85. The summed E-state index contributed by atoms with van der Waals surface area (Å²) in [5.41, 5.74) is 8.78.